The van der Waals surface area contributed by atoms with Crippen LogP contribution in [0.15, 0.2) is 60.8 Å². The molecular weight excluding hydrogens is 272 g/mol. The zero-order valence-electron chi connectivity index (χ0n) is 12.5. The first kappa shape index (κ1) is 13.5. The van der Waals surface area contributed by atoms with Crippen molar-refractivity contribution in [1.29, 1.82) is 0 Å². The molecule has 0 saturated heterocycles. The molecular formula is C19H20N2O. The molecule has 1 saturated carbocycles. The Hall–Kier alpha value is -2.13. The van der Waals surface area contributed by atoms with Crippen molar-refractivity contribution in [2.24, 2.45) is 0 Å². The average Bonchev–Trinajstić information content (AvgIpc) is 3.01. The molecule has 1 aromatic carbocycles. The Balaban J connectivity index is 1.48. The van der Waals surface area contributed by atoms with Crippen molar-refractivity contribution in [3.63, 3.8) is 0 Å². The summed E-state index contributed by atoms with van der Waals surface area (Å²) in [5, 5.41) is 0. The fourth-order valence-electron chi connectivity index (χ4n) is 3.54. The van der Waals surface area contributed by atoms with Gasteiger partial charge in [0.1, 0.15) is 5.60 Å². The van der Waals surface area contributed by atoms with Crippen LogP contribution in [-0.2, 0) is 4.84 Å². The molecule has 1 aliphatic carbocycles. The van der Waals surface area contributed by atoms with E-state index in [-0.39, 0.29) is 5.60 Å². The molecule has 112 valence electrons. The molecule has 0 bridgehead atoms. The minimum absolute atomic E-state index is 0.155. The van der Waals surface area contributed by atoms with Crippen LogP contribution in [0.4, 0.5) is 0 Å². The molecule has 1 aromatic heterocycles. The highest BCUT2D eigenvalue weighted by molar-refractivity contribution is 5.62. The number of rotatable bonds is 2. The Labute approximate surface area is 131 Å². The number of pyridine rings is 1. The van der Waals surface area contributed by atoms with Gasteiger partial charge in [-0.3, -0.25) is 15.3 Å². The summed E-state index contributed by atoms with van der Waals surface area (Å²) in [7, 11) is 0. The van der Waals surface area contributed by atoms with Crippen LogP contribution in [0.3, 0.4) is 0 Å². The lowest BCUT2D eigenvalue weighted by atomic mass is 9.76. The fourth-order valence-corrected chi connectivity index (χ4v) is 3.54. The molecule has 1 aliphatic heterocycles. The predicted octanol–water partition coefficient (Wildman–Crippen LogP) is 4.05. The Morgan fingerprint density at radius 2 is 1.77 bits per heavy atom. The zero-order chi connectivity index (χ0) is 14.8. The van der Waals surface area contributed by atoms with Crippen molar-refractivity contribution in [2.75, 3.05) is 0 Å². The van der Waals surface area contributed by atoms with Gasteiger partial charge < -0.3 is 0 Å². The van der Waals surface area contributed by atoms with Gasteiger partial charge in [0.25, 0.3) is 0 Å². The van der Waals surface area contributed by atoms with E-state index < -0.39 is 0 Å². The molecule has 0 unspecified atom stereocenters. The summed E-state index contributed by atoms with van der Waals surface area (Å²) in [5.74, 6) is 0.655. The van der Waals surface area contributed by atoms with Gasteiger partial charge in [-0.15, -0.1) is 0 Å². The maximum absolute atomic E-state index is 5.95. The van der Waals surface area contributed by atoms with Crippen LogP contribution < -0.4 is 5.48 Å². The molecule has 1 spiro atoms. The highest BCUT2D eigenvalue weighted by atomic mass is 16.7. The minimum Gasteiger partial charge on any atom is -0.265 e. The van der Waals surface area contributed by atoms with Crippen LogP contribution in [0.25, 0.3) is 5.70 Å². The fraction of sp³-hybridized carbons (Fsp3) is 0.316. The molecule has 2 aromatic rings. The highest BCUT2D eigenvalue weighted by Crippen LogP contribution is 2.43. The average molecular weight is 292 g/mol. The van der Waals surface area contributed by atoms with Gasteiger partial charge in [0.15, 0.2) is 0 Å². The van der Waals surface area contributed by atoms with Crippen LogP contribution in [0.5, 0.6) is 0 Å². The third-order valence-corrected chi connectivity index (χ3v) is 4.82. The van der Waals surface area contributed by atoms with E-state index >= 15 is 0 Å². The van der Waals surface area contributed by atoms with Gasteiger partial charge in [0.05, 0.1) is 11.4 Å². The van der Waals surface area contributed by atoms with Gasteiger partial charge in [0.2, 0.25) is 0 Å². The SMILES string of the molecule is C1=C(c2ccccn2)NOC12CCC(c1ccccc1)CC2. The number of nitrogens with one attached hydrogen (secondary N) is 1. The molecule has 3 heteroatoms. The number of hydroxylamine groups is 1. The third-order valence-electron chi connectivity index (χ3n) is 4.82. The second kappa shape index (κ2) is 5.58. The Bertz CT molecular complexity index is 658. The van der Waals surface area contributed by atoms with Crippen LogP contribution in [-0.4, -0.2) is 10.6 Å². The van der Waals surface area contributed by atoms with E-state index in [1.54, 1.807) is 0 Å². The largest absolute Gasteiger partial charge is 0.265 e. The van der Waals surface area contributed by atoms with Crippen molar-refractivity contribution < 1.29 is 4.84 Å². The lowest BCUT2D eigenvalue weighted by Gasteiger charge is -2.34. The molecule has 0 atom stereocenters. The van der Waals surface area contributed by atoms with Crippen LogP contribution in [0, 0.1) is 0 Å². The molecule has 22 heavy (non-hydrogen) atoms. The molecule has 0 amide bonds. The lowest BCUT2D eigenvalue weighted by molar-refractivity contribution is -0.0586. The monoisotopic (exact) mass is 292 g/mol. The lowest BCUT2D eigenvalue weighted by Crippen LogP contribution is -2.34. The molecule has 0 radical (unpaired) electrons. The molecule has 3 nitrogen and oxygen atoms in total. The van der Waals surface area contributed by atoms with Gasteiger partial charge in [-0.05, 0) is 55.4 Å². The van der Waals surface area contributed by atoms with E-state index in [0.29, 0.717) is 5.92 Å². The summed E-state index contributed by atoms with van der Waals surface area (Å²) < 4.78 is 0. The van der Waals surface area contributed by atoms with Crippen LogP contribution >= 0.6 is 0 Å². The summed E-state index contributed by atoms with van der Waals surface area (Å²) >= 11 is 0. The predicted molar refractivity (Wildman–Crippen MR) is 86.8 cm³/mol. The van der Waals surface area contributed by atoms with E-state index in [0.717, 1.165) is 37.1 Å². The highest BCUT2D eigenvalue weighted by Gasteiger charge is 2.39. The summed E-state index contributed by atoms with van der Waals surface area (Å²) in [6.45, 7) is 0. The van der Waals surface area contributed by atoms with Gasteiger partial charge in [-0.2, -0.15) is 0 Å². The summed E-state index contributed by atoms with van der Waals surface area (Å²) in [5.41, 5.74) is 6.34. The maximum Gasteiger partial charge on any atom is 0.116 e. The Morgan fingerprint density at radius 3 is 2.50 bits per heavy atom. The minimum atomic E-state index is -0.155. The van der Waals surface area contributed by atoms with Gasteiger partial charge in [0, 0.05) is 6.20 Å². The van der Waals surface area contributed by atoms with Crippen molar-refractivity contribution in [3.8, 4) is 0 Å². The van der Waals surface area contributed by atoms with Crippen molar-refractivity contribution in [1.82, 2.24) is 10.5 Å². The Kier molecular flexibility index (Phi) is 3.43. The Morgan fingerprint density at radius 1 is 1.00 bits per heavy atom. The summed E-state index contributed by atoms with van der Waals surface area (Å²) in [6.07, 6.45) is 8.48. The van der Waals surface area contributed by atoms with E-state index in [4.69, 9.17) is 4.84 Å². The first-order chi connectivity index (χ1) is 10.8. The standard InChI is InChI=1S/C19H20N2O/c1-2-6-15(7-3-1)16-9-11-19(12-10-16)14-18(21-22-19)17-8-4-5-13-20-17/h1-8,13-14,16,21H,9-12H2. The van der Waals surface area contributed by atoms with E-state index in [1.807, 2.05) is 24.4 Å². The summed E-state index contributed by atoms with van der Waals surface area (Å²) in [6, 6.07) is 16.8. The molecule has 2 aliphatic rings. The second-order valence-electron chi connectivity index (χ2n) is 6.23. The molecule has 4 rings (SSSR count). The number of aromatic nitrogens is 1. The summed E-state index contributed by atoms with van der Waals surface area (Å²) in [4.78, 5) is 10.3. The molecule has 2 heterocycles. The van der Waals surface area contributed by atoms with E-state index in [1.165, 1.54) is 5.56 Å². The van der Waals surface area contributed by atoms with E-state index in [9.17, 15) is 0 Å². The quantitative estimate of drug-likeness (QED) is 0.906. The maximum atomic E-state index is 5.95. The molecule has 1 fully saturated rings. The van der Waals surface area contributed by atoms with E-state index in [2.05, 4.69) is 46.9 Å². The smallest absolute Gasteiger partial charge is 0.116 e. The van der Waals surface area contributed by atoms with Crippen LogP contribution in [0.2, 0.25) is 0 Å². The number of hydrogen-bond acceptors (Lipinski definition) is 3. The number of hydrogen-bond donors (Lipinski definition) is 1. The normalized spacial score (nSPS) is 27.5. The first-order valence-electron chi connectivity index (χ1n) is 7.98. The number of benzene rings is 1. The van der Waals surface area contributed by atoms with Crippen molar-refractivity contribution in [2.45, 2.75) is 37.2 Å². The third kappa shape index (κ3) is 2.53. The van der Waals surface area contributed by atoms with Crippen molar-refractivity contribution >= 4 is 5.70 Å². The molecule has 1 N–H and O–H groups in total. The van der Waals surface area contributed by atoms with Gasteiger partial charge in [-0.25, -0.2) is 0 Å². The van der Waals surface area contributed by atoms with Gasteiger partial charge >= 0.3 is 0 Å². The topological polar surface area (TPSA) is 34.2 Å². The van der Waals surface area contributed by atoms with Crippen molar-refractivity contribution in [3.05, 3.63) is 72.1 Å². The van der Waals surface area contributed by atoms with Gasteiger partial charge in [-0.1, -0.05) is 36.4 Å². The van der Waals surface area contributed by atoms with Crippen LogP contribution in [0.1, 0.15) is 42.9 Å². The first-order valence-corrected chi connectivity index (χ1v) is 7.98. The number of nitrogens with zero attached hydrogens (tertiary/aromatic N) is 1. The second-order valence-corrected chi connectivity index (χ2v) is 6.23. The zero-order valence-corrected chi connectivity index (χ0v) is 12.5.